The molecule has 2 fully saturated rings. The molecule has 2 aliphatic rings. The van der Waals surface area contributed by atoms with E-state index in [4.69, 9.17) is 16.3 Å². The number of nitrogens with one attached hydrogen (secondary N) is 1. The second-order valence-electron chi connectivity index (χ2n) is 8.00. The first kappa shape index (κ1) is 19.8. The zero-order chi connectivity index (χ0) is 21.2. The highest BCUT2D eigenvalue weighted by Crippen LogP contribution is 2.33. The highest BCUT2D eigenvalue weighted by molar-refractivity contribution is 6.30. The van der Waals surface area contributed by atoms with Crippen LogP contribution < -0.4 is 10.1 Å². The van der Waals surface area contributed by atoms with Crippen molar-refractivity contribution in [2.24, 2.45) is 0 Å². The number of likely N-dealkylation sites (tertiary alicyclic amines) is 2. The van der Waals surface area contributed by atoms with Crippen LogP contribution in [-0.4, -0.2) is 46.0 Å². The molecule has 7 heteroatoms. The Hall–Kier alpha value is -3.09. The molecule has 1 aromatic heterocycles. The molecule has 3 heterocycles. The third-order valence-electron chi connectivity index (χ3n) is 5.86. The summed E-state index contributed by atoms with van der Waals surface area (Å²) in [5.74, 6) is 1.57. The van der Waals surface area contributed by atoms with Crippen molar-refractivity contribution in [3.05, 3.63) is 83.6 Å². The summed E-state index contributed by atoms with van der Waals surface area (Å²) in [4.78, 5) is 21.1. The number of urea groups is 1. The third-order valence-corrected chi connectivity index (χ3v) is 6.11. The van der Waals surface area contributed by atoms with E-state index in [1.165, 1.54) is 5.56 Å². The van der Waals surface area contributed by atoms with Gasteiger partial charge in [-0.05, 0) is 60.5 Å². The summed E-state index contributed by atoms with van der Waals surface area (Å²) in [6, 6.07) is 19.8. The molecule has 2 aliphatic heterocycles. The number of piperazine rings is 1. The van der Waals surface area contributed by atoms with Crippen LogP contribution in [0, 0.1) is 0 Å². The van der Waals surface area contributed by atoms with E-state index in [1.54, 1.807) is 12.4 Å². The van der Waals surface area contributed by atoms with E-state index in [0.717, 1.165) is 43.2 Å². The van der Waals surface area contributed by atoms with Crippen molar-refractivity contribution < 1.29 is 9.53 Å². The molecule has 2 unspecified atom stereocenters. The number of pyridine rings is 1. The number of anilines is 1. The molecular formula is C24H23ClN4O2. The lowest BCUT2D eigenvalue weighted by molar-refractivity contribution is 0.139. The summed E-state index contributed by atoms with van der Waals surface area (Å²) in [7, 11) is 0. The number of aromatic nitrogens is 1. The maximum Gasteiger partial charge on any atom is 0.322 e. The lowest BCUT2D eigenvalue weighted by Gasteiger charge is -2.34. The number of fused-ring (bicyclic) bond motifs is 2. The number of rotatable bonds is 5. The van der Waals surface area contributed by atoms with Gasteiger partial charge in [-0.25, -0.2) is 4.79 Å². The summed E-state index contributed by atoms with van der Waals surface area (Å²) < 4.78 is 5.96. The van der Waals surface area contributed by atoms with Gasteiger partial charge in [0.25, 0.3) is 0 Å². The molecule has 0 spiro atoms. The Labute approximate surface area is 186 Å². The van der Waals surface area contributed by atoms with E-state index in [-0.39, 0.29) is 12.1 Å². The van der Waals surface area contributed by atoms with Gasteiger partial charge in [0.1, 0.15) is 11.5 Å². The highest BCUT2D eigenvalue weighted by Gasteiger charge is 2.45. The fraction of sp³-hybridized carbons (Fsp3) is 0.250. The van der Waals surface area contributed by atoms with E-state index in [2.05, 4.69) is 27.3 Å². The van der Waals surface area contributed by atoms with Crippen LogP contribution in [0.5, 0.6) is 11.5 Å². The van der Waals surface area contributed by atoms with E-state index >= 15 is 0 Å². The number of carbonyl (C=O) groups is 1. The summed E-state index contributed by atoms with van der Waals surface area (Å²) in [6.07, 6.45) is 4.37. The number of nitrogens with zero attached hydrogens (tertiary/aromatic N) is 3. The third kappa shape index (κ3) is 4.50. The number of halogens is 1. The minimum atomic E-state index is -0.0430. The molecular weight excluding hydrogens is 412 g/mol. The van der Waals surface area contributed by atoms with Gasteiger partial charge in [-0.1, -0.05) is 23.7 Å². The first-order chi connectivity index (χ1) is 15.1. The highest BCUT2D eigenvalue weighted by atomic mass is 35.5. The molecule has 0 aliphatic carbocycles. The number of benzene rings is 2. The van der Waals surface area contributed by atoms with E-state index in [9.17, 15) is 4.79 Å². The maximum absolute atomic E-state index is 12.7. The lowest BCUT2D eigenvalue weighted by atomic mass is 10.2. The van der Waals surface area contributed by atoms with Gasteiger partial charge in [0.15, 0.2) is 0 Å². The molecule has 2 saturated heterocycles. The van der Waals surface area contributed by atoms with Crippen molar-refractivity contribution in [3.8, 4) is 11.5 Å². The predicted molar refractivity (Wildman–Crippen MR) is 121 cm³/mol. The number of hydrogen-bond donors (Lipinski definition) is 1. The summed E-state index contributed by atoms with van der Waals surface area (Å²) in [5, 5.41) is 3.64. The number of ether oxygens (including phenoxy) is 1. The number of hydrogen-bond acceptors (Lipinski definition) is 4. The van der Waals surface area contributed by atoms with Gasteiger partial charge in [0, 0.05) is 42.9 Å². The average molecular weight is 435 g/mol. The molecule has 1 N–H and O–H groups in total. The molecule has 31 heavy (non-hydrogen) atoms. The molecule has 0 radical (unpaired) electrons. The summed E-state index contributed by atoms with van der Waals surface area (Å²) >= 11 is 5.94. The predicted octanol–water partition coefficient (Wildman–Crippen LogP) is 5.02. The van der Waals surface area contributed by atoms with Crippen molar-refractivity contribution in [3.63, 3.8) is 0 Å². The Morgan fingerprint density at radius 3 is 2.68 bits per heavy atom. The van der Waals surface area contributed by atoms with Gasteiger partial charge in [-0.15, -0.1) is 0 Å². The van der Waals surface area contributed by atoms with Crippen LogP contribution in [0.1, 0.15) is 12.0 Å². The molecule has 0 saturated carbocycles. The zero-order valence-electron chi connectivity index (χ0n) is 16.9. The van der Waals surface area contributed by atoms with Crippen LogP contribution in [0.2, 0.25) is 5.02 Å². The molecule has 3 aromatic rings. The van der Waals surface area contributed by atoms with Crippen LogP contribution in [0.15, 0.2) is 73.1 Å². The Kier molecular flexibility index (Phi) is 5.49. The average Bonchev–Trinajstić information content (AvgIpc) is 3.37. The molecule has 2 bridgehead atoms. The molecule has 5 rings (SSSR count). The van der Waals surface area contributed by atoms with Gasteiger partial charge in [-0.2, -0.15) is 0 Å². The molecule has 2 amide bonds. The largest absolute Gasteiger partial charge is 0.457 e. The SMILES string of the molecule is O=C(Nc1cccnc1)N1CC2CC1CN2Cc1cccc(Oc2ccc(Cl)cc2)c1. The second kappa shape index (κ2) is 8.57. The molecule has 158 valence electrons. The smallest absolute Gasteiger partial charge is 0.322 e. The number of amides is 2. The van der Waals surface area contributed by atoms with Crippen LogP contribution in [0.3, 0.4) is 0 Å². The van der Waals surface area contributed by atoms with Crippen LogP contribution >= 0.6 is 11.6 Å². The standard InChI is InChI=1S/C24H23ClN4O2/c25-18-6-8-22(9-7-18)31-23-5-1-3-17(11-23)14-28-15-21-12-20(28)16-29(21)24(30)27-19-4-2-10-26-13-19/h1-11,13,20-21H,12,14-16H2,(H,27,30). The van der Waals surface area contributed by atoms with Crippen LogP contribution in [0.25, 0.3) is 0 Å². The minimum Gasteiger partial charge on any atom is -0.457 e. The Morgan fingerprint density at radius 2 is 1.94 bits per heavy atom. The zero-order valence-corrected chi connectivity index (χ0v) is 17.7. The van der Waals surface area contributed by atoms with E-state index in [1.807, 2.05) is 53.4 Å². The van der Waals surface area contributed by atoms with Crippen LogP contribution in [-0.2, 0) is 6.54 Å². The van der Waals surface area contributed by atoms with Crippen molar-refractivity contribution in [1.82, 2.24) is 14.8 Å². The van der Waals surface area contributed by atoms with E-state index < -0.39 is 0 Å². The molecule has 2 atom stereocenters. The Balaban J connectivity index is 1.18. The normalized spacial score (nSPS) is 20.1. The Bertz CT molecular complexity index is 1060. The minimum absolute atomic E-state index is 0.0430. The van der Waals surface area contributed by atoms with E-state index in [0.29, 0.717) is 11.1 Å². The quantitative estimate of drug-likeness (QED) is 0.612. The summed E-state index contributed by atoms with van der Waals surface area (Å²) in [6.45, 7) is 2.47. The Morgan fingerprint density at radius 1 is 1.06 bits per heavy atom. The van der Waals surface area contributed by atoms with Crippen molar-refractivity contribution in [2.45, 2.75) is 25.0 Å². The lowest BCUT2D eigenvalue weighted by Crippen LogP contribution is -2.49. The first-order valence-corrected chi connectivity index (χ1v) is 10.8. The van der Waals surface area contributed by atoms with Gasteiger partial charge < -0.3 is 15.0 Å². The second-order valence-corrected chi connectivity index (χ2v) is 8.44. The van der Waals surface area contributed by atoms with Crippen molar-refractivity contribution in [2.75, 3.05) is 18.4 Å². The van der Waals surface area contributed by atoms with Gasteiger partial charge in [0.2, 0.25) is 0 Å². The fourth-order valence-electron chi connectivity index (χ4n) is 4.40. The van der Waals surface area contributed by atoms with Crippen molar-refractivity contribution in [1.29, 1.82) is 0 Å². The monoisotopic (exact) mass is 434 g/mol. The first-order valence-electron chi connectivity index (χ1n) is 10.4. The van der Waals surface area contributed by atoms with Gasteiger partial charge >= 0.3 is 6.03 Å². The molecule has 2 aromatic carbocycles. The number of carbonyl (C=O) groups excluding carboxylic acids is 1. The molecule has 6 nitrogen and oxygen atoms in total. The van der Waals surface area contributed by atoms with Crippen LogP contribution in [0.4, 0.5) is 10.5 Å². The summed E-state index contributed by atoms with van der Waals surface area (Å²) in [5.41, 5.74) is 1.93. The fourth-order valence-corrected chi connectivity index (χ4v) is 4.53. The topological polar surface area (TPSA) is 57.7 Å². The maximum atomic E-state index is 12.7. The van der Waals surface area contributed by atoms with Crippen molar-refractivity contribution >= 4 is 23.3 Å². The van der Waals surface area contributed by atoms with Gasteiger partial charge in [-0.3, -0.25) is 9.88 Å². The van der Waals surface area contributed by atoms with Gasteiger partial charge in [0.05, 0.1) is 11.9 Å².